The Kier molecular flexibility index (Phi) is 6.02. The molecule has 0 fully saturated rings. The Labute approximate surface area is 91.1 Å². The van der Waals surface area contributed by atoms with Crippen LogP contribution in [-0.4, -0.2) is 15.8 Å². The molecule has 0 amide bonds. The zero-order chi connectivity index (χ0) is 11.8. The molecule has 0 unspecified atom stereocenters. The SMILES string of the molecule is C=Cc1nccn1C(C=O)=C(C)C.CC. The van der Waals surface area contributed by atoms with Gasteiger partial charge in [-0.2, -0.15) is 0 Å². The molecule has 0 aliphatic heterocycles. The molecule has 82 valence electrons. The van der Waals surface area contributed by atoms with E-state index in [1.807, 2.05) is 27.7 Å². The number of aldehydes is 1. The number of carbonyl (C=O) groups is 1. The van der Waals surface area contributed by atoms with Crippen molar-refractivity contribution in [2.45, 2.75) is 27.7 Å². The molecule has 1 heterocycles. The lowest BCUT2D eigenvalue weighted by atomic mass is 10.2. The van der Waals surface area contributed by atoms with Gasteiger partial charge in [-0.1, -0.05) is 20.4 Å². The lowest BCUT2D eigenvalue weighted by molar-refractivity contribution is -0.103. The summed E-state index contributed by atoms with van der Waals surface area (Å²) in [5.41, 5.74) is 1.57. The number of hydrogen-bond acceptors (Lipinski definition) is 2. The first-order valence-corrected chi connectivity index (χ1v) is 4.99. The van der Waals surface area contributed by atoms with Crippen LogP contribution in [0.25, 0.3) is 11.8 Å². The molecule has 0 aromatic carbocycles. The molecule has 3 nitrogen and oxygen atoms in total. The van der Waals surface area contributed by atoms with Crippen LogP contribution < -0.4 is 0 Å². The van der Waals surface area contributed by atoms with Gasteiger partial charge in [0.2, 0.25) is 0 Å². The van der Waals surface area contributed by atoms with Crippen LogP contribution in [0.15, 0.2) is 24.5 Å². The summed E-state index contributed by atoms with van der Waals surface area (Å²) in [5, 5.41) is 0. The fourth-order valence-corrected chi connectivity index (χ4v) is 1.09. The number of imidazole rings is 1. The van der Waals surface area contributed by atoms with Gasteiger partial charge in [-0.3, -0.25) is 9.36 Å². The third-order valence-electron chi connectivity index (χ3n) is 1.74. The normalized spacial score (nSPS) is 8.53. The van der Waals surface area contributed by atoms with Crippen molar-refractivity contribution in [3.05, 3.63) is 30.4 Å². The molecule has 0 bridgehead atoms. The first kappa shape index (κ1) is 13.4. The van der Waals surface area contributed by atoms with Crippen molar-refractivity contribution in [3.8, 4) is 0 Å². The Balaban J connectivity index is 0.000000921. The van der Waals surface area contributed by atoms with Gasteiger partial charge in [-0.25, -0.2) is 4.98 Å². The molecule has 0 atom stereocenters. The monoisotopic (exact) mass is 206 g/mol. The molecule has 0 aliphatic carbocycles. The van der Waals surface area contributed by atoms with Gasteiger partial charge in [0.15, 0.2) is 6.29 Å². The van der Waals surface area contributed by atoms with E-state index in [4.69, 9.17) is 0 Å². The maximum Gasteiger partial charge on any atom is 0.166 e. The molecule has 0 saturated carbocycles. The predicted molar refractivity (Wildman–Crippen MR) is 64.3 cm³/mol. The standard InChI is InChI=1S/C10H12N2O.C2H6/c1-4-10-11-5-6-12(10)9(7-13)8(2)3;1-2/h4-7H,1H2,2-3H3;1-2H3. The molecule has 0 aliphatic rings. The van der Waals surface area contributed by atoms with E-state index in [0.29, 0.717) is 11.5 Å². The van der Waals surface area contributed by atoms with Gasteiger partial charge in [0.1, 0.15) is 5.82 Å². The second kappa shape index (κ2) is 6.76. The van der Waals surface area contributed by atoms with Crippen LogP contribution in [0.5, 0.6) is 0 Å². The number of hydrogen-bond donors (Lipinski definition) is 0. The van der Waals surface area contributed by atoms with E-state index in [9.17, 15) is 4.79 Å². The van der Waals surface area contributed by atoms with Crippen molar-refractivity contribution in [2.75, 3.05) is 0 Å². The summed E-state index contributed by atoms with van der Waals surface area (Å²) < 4.78 is 1.72. The second-order valence-corrected chi connectivity index (χ2v) is 2.86. The molecule has 0 N–H and O–H groups in total. The van der Waals surface area contributed by atoms with Crippen LogP contribution in [0.3, 0.4) is 0 Å². The molecule has 1 rings (SSSR count). The molecular formula is C12H18N2O. The number of carbonyl (C=O) groups excluding carboxylic acids is 1. The molecule has 3 heteroatoms. The zero-order valence-corrected chi connectivity index (χ0v) is 9.82. The highest BCUT2D eigenvalue weighted by Gasteiger charge is 2.04. The summed E-state index contributed by atoms with van der Waals surface area (Å²) in [6.45, 7) is 11.4. The lowest BCUT2D eigenvalue weighted by Gasteiger charge is -2.05. The van der Waals surface area contributed by atoms with Crippen LogP contribution in [0.2, 0.25) is 0 Å². The largest absolute Gasteiger partial charge is 0.297 e. The fourth-order valence-electron chi connectivity index (χ4n) is 1.09. The molecule has 0 saturated heterocycles. The number of rotatable bonds is 3. The lowest BCUT2D eigenvalue weighted by Crippen LogP contribution is -2.01. The van der Waals surface area contributed by atoms with Crippen LogP contribution in [0, 0.1) is 0 Å². The minimum atomic E-state index is 0.618. The minimum Gasteiger partial charge on any atom is -0.297 e. The molecular weight excluding hydrogens is 188 g/mol. The summed E-state index contributed by atoms with van der Waals surface area (Å²) in [7, 11) is 0. The van der Waals surface area contributed by atoms with Crippen molar-refractivity contribution in [1.29, 1.82) is 0 Å². The van der Waals surface area contributed by atoms with Crippen molar-refractivity contribution in [2.24, 2.45) is 0 Å². The first-order valence-electron chi connectivity index (χ1n) is 4.99. The van der Waals surface area contributed by atoms with Crippen LogP contribution in [-0.2, 0) is 4.79 Å². The van der Waals surface area contributed by atoms with Gasteiger partial charge in [0.05, 0.1) is 5.70 Å². The number of nitrogens with zero attached hydrogens (tertiary/aromatic N) is 2. The average molecular weight is 206 g/mol. The Morgan fingerprint density at radius 3 is 2.47 bits per heavy atom. The highest BCUT2D eigenvalue weighted by molar-refractivity contribution is 6.00. The Hall–Kier alpha value is -1.64. The van der Waals surface area contributed by atoms with Crippen molar-refractivity contribution in [1.82, 2.24) is 9.55 Å². The van der Waals surface area contributed by atoms with E-state index < -0.39 is 0 Å². The van der Waals surface area contributed by atoms with E-state index >= 15 is 0 Å². The first-order chi connectivity index (χ1) is 7.20. The van der Waals surface area contributed by atoms with E-state index in [1.54, 1.807) is 23.0 Å². The van der Waals surface area contributed by atoms with Crippen molar-refractivity contribution in [3.63, 3.8) is 0 Å². The number of allylic oxidation sites excluding steroid dienone is 2. The maximum atomic E-state index is 10.8. The van der Waals surface area contributed by atoms with Crippen molar-refractivity contribution >= 4 is 18.1 Å². The van der Waals surface area contributed by atoms with Gasteiger partial charge in [-0.05, 0) is 25.5 Å². The second-order valence-electron chi connectivity index (χ2n) is 2.86. The van der Waals surface area contributed by atoms with Crippen LogP contribution in [0.4, 0.5) is 0 Å². The smallest absolute Gasteiger partial charge is 0.166 e. The number of aromatic nitrogens is 2. The molecule has 15 heavy (non-hydrogen) atoms. The third-order valence-corrected chi connectivity index (χ3v) is 1.74. The highest BCUT2D eigenvalue weighted by Crippen LogP contribution is 2.11. The Morgan fingerprint density at radius 1 is 1.47 bits per heavy atom. The fraction of sp³-hybridized carbons (Fsp3) is 0.333. The minimum absolute atomic E-state index is 0.618. The summed E-state index contributed by atoms with van der Waals surface area (Å²) >= 11 is 0. The highest BCUT2D eigenvalue weighted by atomic mass is 16.1. The summed E-state index contributed by atoms with van der Waals surface area (Å²) in [6.07, 6.45) is 5.83. The summed E-state index contributed by atoms with van der Waals surface area (Å²) in [6, 6.07) is 0. The van der Waals surface area contributed by atoms with Crippen LogP contribution >= 0.6 is 0 Å². The zero-order valence-electron chi connectivity index (χ0n) is 9.82. The summed E-state index contributed by atoms with van der Waals surface area (Å²) in [5.74, 6) is 0.684. The quantitative estimate of drug-likeness (QED) is 0.563. The van der Waals surface area contributed by atoms with E-state index in [-0.39, 0.29) is 0 Å². The average Bonchev–Trinajstić information content (AvgIpc) is 2.69. The Morgan fingerprint density at radius 2 is 2.07 bits per heavy atom. The molecule has 1 aromatic heterocycles. The molecule has 1 aromatic rings. The van der Waals surface area contributed by atoms with Gasteiger partial charge in [0.25, 0.3) is 0 Å². The van der Waals surface area contributed by atoms with Gasteiger partial charge < -0.3 is 0 Å². The Bertz CT molecular complexity index is 357. The predicted octanol–water partition coefficient (Wildman–Crippen LogP) is 3.00. The third kappa shape index (κ3) is 3.20. The van der Waals surface area contributed by atoms with Gasteiger partial charge in [0, 0.05) is 12.4 Å². The summed E-state index contributed by atoms with van der Waals surface area (Å²) in [4.78, 5) is 14.8. The van der Waals surface area contributed by atoms with Gasteiger partial charge in [-0.15, -0.1) is 0 Å². The topological polar surface area (TPSA) is 34.9 Å². The van der Waals surface area contributed by atoms with Crippen LogP contribution in [0.1, 0.15) is 33.5 Å². The van der Waals surface area contributed by atoms with Crippen molar-refractivity contribution < 1.29 is 4.79 Å². The van der Waals surface area contributed by atoms with E-state index in [0.717, 1.165) is 11.9 Å². The molecule has 0 spiro atoms. The molecule has 0 radical (unpaired) electrons. The van der Waals surface area contributed by atoms with Gasteiger partial charge >= 0.3 is 0 Å². The maximum absolute atomic E-state index is 10.8. The van der Waals surface area contributed by atoms with E-state index in [2.05, 4.69) is 11.6 Å². The van der Waals surface area contributed by atoms with E-state index in [1.165, 1.54) is 0 Å².